The number of methoxy groups -OCH3 is 4. The Bertz CT molecular complexity index is 1690. The van der Waals surface area contributed by atoms with Gasteiger partial charge in [-0.05, 0) is 158 Å². The van der Waals surface area contributed by atoms with E-state index >= 15 is 0 Å². The highest BCUT2D eigenvalue weighted by atomic mass is 16.5. The molecule has 0 spiro atoms. The topological polar surface area (TPSA) is 36.9 Å². The summed E-state index contributed by atoms with van der Waals surface area (Å²) in [4.78, 5) is 0. The molecule has 0 N–H and O–H groups in total. The number of rotatable bonds is 10. The summed E-state index contributed by atoms with van der Waals surface area (Å²) < 4.78 is 22.8. The highest BCUT2D eigenvalue weighted by Gasteiger charge is 2.26. The molecule has 0 radical (unpaired) electrons. The van der Waals surface area contributed by atoms with Gasteiger partial charge in [-0.15, -0.1) is 0 Å². The predicted octanol–water partition coefficient (Wildman–Crippen LogP) is 10.5. The van der Waals surface area contributed by atoms with E-state index in [1.807, 2.05) is 0 Å². The maximum absolute atomic E-state index is 5.70. The lowest BCUT2D eigenvalue weighted by molar-refractivity contribution is 0.410. The molecule has 0 saturated heterocycles. The second kappa shape index (κ2) is 14.2. The molecule has 0 aliphatic heterocycles. The quantitative estimate of drug-likeness (QED) is 0.142. The molecule has 0 heterocycles. The highest BCUT2D eigenvalue weighted by molar-refractivity contribution is 5.58. The maximum Gasteiger partial charge on any atom is 0.122 e. The van der Waals surface area contributed by atoms with Crippen molar-refractivity contribution in [3.8, 4) is 23.0 Å². The van der Waals surface area contributed by atoms with Gasteiger partial charge in [0.15, 0.2) is 0 Å². The molecule has 5 aromatic carbocycles. The molecule has 0 bridgehead atoms. The molecule has 4 heteroatoms. The van der Waals surface area contributed by atoms with Gasteiger partial charge in [-0.25, -0.2) is 0 Å². The number of aryl methyl sites for hydroxylation is 8. The van der Waals surface area contributed by atoms with Crippen molar-refractivity contribution < 1.29 is 18.9 Å². The Morgan fingerprint density at radius 2 is 0.521 bits per heavy atom. The van der Waals surface area contributed by atoms with E-state index in [1.165, 1.54) is 55.6 Å². The minimum atomic E-state index is 0.0293. The molecule has 250 valence electrons. The summed E-state index contributed by atoms with van der Waals surface area (Å²) in [5, 5.41) is 0. The van der Waals surface area contributed by atoms with Crippen molar-refractivity contribution in [2.75, 3.05) is 28.4 Å². The summed E-state index contributed by atoms with van der Waals surface area (Å²) in [5.41, 5.74) is 16.9. The summed E-state index contributed by atoms with van der Waals surface area (Å²) in [6.45, 7) is 17.2. The van der Waals surface area contributed by atoms with E-state index in [9.17, 15) is 0 Å². The molecule has 5 rings (SSSR count). The fourth-order valence-electron chi connectivity index (χ4n) is 7.31. The first kappa shape index (κ1) is 34.6. The van der Waals surface area contributed by atoms with Crippen LogP contribution in [0.3, 0.4) is 0 Å². The van der Waals surface area contributed by atoms with Crippen molar-refractivity contribution in [2.24, 2.45) is 0 Å². The average molecular weight is 643 g/mol. The highest BCUT2D eigenvalue weighted by Crippen LogP contribution is 2.43. The average Bonchev–Trinajstić information content (AvgIpc) is 3.07. The van der Waals surface area contributed by atoms with E-state index in [1.54, 1.807) is 28.4 Å². The van der Waals surface area contributed by atoms with Gasteiger partial charge in [0.05, 0.1) is 28.4 Å². The number of ether oxygens (including phenoxy) is 4. The fraction of sp³-hybridized carbons (Fsp3) is 0.318. The van der Waals surface area contributed by atoms with Crippen LogP contribution in [0.25, 0.3) is 0 Å². The summed E-state index contributed by atoms with van der Waals surface area (Å²) >= 11 is 0. The van der Waals surface area contributed by atoms with Crippen molar-refractivity contribution in [1.29, 1.82) is 0 Å². The van der Waals surface area contributed by atoms with Crippen LogP contribution in [0, 0.1) is 55.4 Å². The van der Waals surface area contributed by atoms with Crippen LogP contribution in [0.1, 0.15) is 89.7 Å². The van der Waals surface area contributed by atoms with Crippen LogP contribution in [0.4, 0.5) is 0 Å². The first-order valence-corrected chi connectivity index (χ1v) is 16.6. The molecule has 0 fully saturated rings. The van der Waals surface area contributed by atoms with E-state index in [2.05, 4.69) is 128 Å². The van der Waals surface area contributed by atoms with Crippen molar-refractivity contribution in [2.45, 2.75) is 67.2 Å². The minimum absolute atomic E-state index is 0.0293. The third-order valence-corrected chi connectivity index (χ3v) is 9.98. The van der Waals surface area contributed by atoms with Crippen LogP contribution >= 0.6 is 0 Å². The Hall–Kier alpha value is -4.70. The van der Waals surface area contributed by atoms with Crippen molar-refractivity contribution >= 4 is 0 Å². The summed E-state index contributed by atoms with van der Waals surface area (Å²) in [6.07, 6.45) is 0. The number of hydrogen-bond acceptors (Lipinski definition) is 4. The van der Waals surface area contributed by atoms with Gasteiger partial charge in [0.25, 0.3) is 0 Å². The van der Waals surface area contributed by atoms with Gasteiger partial charge in [0.2, 0.25) is 0 Å². The van der Waals surface area contributed by atoms with E-state index in [4.69, 9.17) is 18.9 Å². The molecule has 4 nitrogen and oxygen atoms in total. The van der Waals surface area contributed by atoms with Crippen molar-refractivity contribution in [1.82, 2.24) is 0 Å². The van der Waals surface area contributed by atoms with Gasteiger partial charge in [-0.3, -0.25) is 0 Å². The smallest absolute Gasteiger partial charge is 0.122 e. The third kappa shape index (κ3) is 6.54. The Morgan fingerprint density at radius 1 is 0.312 bits per heavy atom. The van der Waals surface area contributed by atoms with Crippen molar-refractivity contribution in [3.05, 3.63) is 151 Å². The SMILES string of the molecule is COc1cc(C)c(C(c2ccc(C(c3cc(C)c(OC)cc3C)c3cc(C)c(OC)cc3C)cc2)c2cc(C)c(OC)cc2C)cc1C. The molecule has 0 atom stereocenters. The third-order valence-electron chi connectivity index (χ3n) is 9.98. The zero-order valence-electron chi connectivity index (χ0n) is 30.7. The molecule has 0 aliphatic carbocycles. The minimum Gasteiger partial charge on any atom is -0.496 e. The molecular weight excluding hydrogens is 592 g/mol. The normalized spacial score (nSPS) is 11.3. The standard InChI is InChI=1S/C44H50O4/c1-25-21-39(45-9)29(5)17-35(25)43(36-18-30(6)40(46-10)22-26(36)2)33-13-15-34(16-14-33)44(37-19-31(7)41(47-11)23-27(37)3)38-20-32(8)42(48-12)24-28(38)4/h13-24,43-44H,1-12H3. The van der Waals surface area contributed by atoms with Crippen molar-refractivity contribution in [3.63, 3.8) is 0 Å². The van der Waals surface area contributed by atoms with Gasteiger partial charge in [0.1, 0.15) is 23.0 Å². The van der Waals surface area contributed by atoms with Gasteiger partial charge in [0, 0.05) is 11.8 Å². The molecular formula is C44H50O4. The van der Waals surface area contributed by atoms with Crippen LogP contribution in [0.2, 0.25) is 0 Å². The van der Waals surface area contributed by atoms with E-state index in [-0.39, 0.29) is 11.8 Å². The Morgan fingerprint density at radius 3 is 0.708 bits per heavy atom. The van der Waals surface area contributed by atoms with Gasteiger partial charge < -0.3 is 18.9 Å². The fourth-order valence-corrected chi connectivity index (χ4v) is 7.31. The molecule has 0 saturated carbocycles. The zero-order valence-corrected chi connectivity index (χ0v) is 30.7. The summed E-state index contributed by atoms with van der Waals surface area (Å²) in [5.74, 6) is 3.69. The molecule has 5 aromatic rings. The number of hydrogen-bond donors (Lipinski definition) is 0. The van der Waals surface area contributed by atoms with Crippen LogP contribution < -0.4 is 18.9 Å². The first-order valence-electron chi connectivity index (χ1n) is 16.6. The van der Waals surface area contributed by atoms with Crippen LogP contribution in [0.15, 0.2) is 72.8 Å². The Balaban J connectivity index is 1.73. The molecule has 48 heavy (non-hydrogen) atoms. The first-order chi connectivity index (χ1) is 22.9. The lowest BCUT2D eigenvalue weighted by atomic mass is 9.77. The maximum atomic E-state index is 5.70. The van der Waals surface area contributed by atoms with Gasteiger partial charge in [-0.1, -0.05) is 48.5 Å². The monoisotopic (exact) mass is 642 g/mol. The lowest BCUT2D eigenvalue weighted by Crippen LogP contribution is -2.11. The lowest BCUT2D eigenvalue weighted by Gasteiger charge is -2.27. The summed E-state index contributed by atoms with van der Waals surface area (Å²) in [7, 11) is 6.96. The Kier molecular flexibility index (Phi) is 10.2. The van der Waals surface area contributed by atoms with Gasteiger partial charge >= 0.3 is 0 Å². The van der Waals surface area contributed by atoms with Gasteiger partial charge in [-0.2, -0.15) is 0 Å². The molecule has 0 amide bonds. The second-order valence-electron chi connectivity index (χ2n) is 13.2. The zero-order chi connectivity index (χ0) is 34.9. The summed E-state index contributed by atoms with van der Waals surface area (Å²) in [6, 6.07) is 27.1. The molecule has 0 aliphatic rings. The van der Waals surface area contributed by atoms with Crippen LogP contribution in [-0.4, -0.2) is 28.4 Å². The van der Waals surface area contributed by atoms with E-state index < -0.39 is 0 Å². The van der Waals surface area contributed by atoms with Crippen LogP contribution in [-0.2, 0) is 0 Å². The Labute approximate surface area is 287 Å². The van der Waals surface area contributed by atoms with E-state index in [0.29, 0.717) is 0 Å². The predicted molar refractivity (Wildman–Crippen MR) is 198 cm³/mol. The van der Waals surface area contributed by atoms with Crippen LogP contribution in [0.5, 0.6) is 23.0 Å². The van der Waals surface area contributed by atoms with E-state index in [0.717, 1.165) is 45.3 Å². The molecule has 0 aromatic heterocycles. The molecule has 0 unspecified atom stereocenters. The largest absolute Gasteiger partial charge is 0.496 e. The second-order valence-corrected chi connectivity index (χ2v) is 13.2. The number of benzene rings is 5.